The summed E-state index contributed by atoms with van der Waals surface area (Å²) in [7, 11) is 1.84. The van der Waals surface area contributed by atoms with Gasteiger partial charge in [-0.15, -0.1) is 0 Å². The van der Waals surface area contributed by atoms with E-state index in [4.69, 9.17) is 4.74 Å². The molecule has 22 heavy (non-hydrogen) atoms. The van der Waals surface area contributed by atoms with Gasteiger partial charge in [-0.3, -0.25) is 0 Å². The van der Waals surface area contributed by atoms with Gasteiger partial charge in [0.2, 0.25) is 0 Å². The van der Waals surface area contributed by atoms with Crippen molar-refractivity contribution in [2.75, 3.05) is 13.7 Å². The summed E-state index contributed by atoms with van der Waals surface area (Å²) in [6.07, 6.45) is 22.8. The van der Waals surface area contributed by atoms with Gasteiger partial charge in [-0.05, 0) is 12.3 Å². The van der Waals surface area contributed by atoms with Gasteiger partial charge >= 0.3 is 0 Å². The molecule has 0 aromatic heterocycles. The van der Waals surface area contributed by atoms with E-state index in [0.29, 0.717) is 0 Å². The molecule has 0 aromatic rings. The molecule has 0 heterocycles. The molecule has 0 saturated heterocycles. The summed E-state index contributed by atoms with van der Waals surface area (Å²) >= 11 is 0. The molecule has 0 N–H and O–H groups in total. The Morgan fingerprint density at radius 3 is 1.45 bits per heavy atom. The number of unbranched alkanes of at least 4 members (excludes halogenated alkanes) is 11. The van der Waals surface area contributed by atoms with Crippen LogP contribution in [0.2, 0.25) is 0 Å². The molecular formula is C21H44O. The highest BCUT2D eigenvalue weighted by atomic mass is 16.5. The lowest BCUT2D eigenvalue weighted by Crippen LogP contribution is -2.05. The first-order chi connectivity index (χ1) is 10.8. The Bertz CT molecular complexity index is 190. The molecule has 1 atom stereocenters. The molecule has 0 fully saturated rings. The fourth-order valence-electron chi connectivity index (χ4n) is 3.32. The van der Waals surface area contributed by atoms with Crippen molar-refractivity contribution in [3.63, 3.8) is 0 Å². The third-order valence-electron chi connectivity index (χ3n) is 4.91. The second kappa shape index (κ2) is 19.0. The lowest BCUT2D eigenvalue weighted by Gasteiger charge is -2.16. The highest BCUT2D eigenvalue weighted by Crippen LogP contribution is 2.21. The van der Waals surface area contributed by atoms with Crippen LogP contribution in [0.4, 0.5) is 0 Å². The summed E-state index contributed by atoms with van der Waals surface area (Å²) in [4.78, 5) is 0. The quantitative estimate of drug-likeness (QED) is 0.238. The zero-order chi connectivity index (χ0) is 16.3. The van der Waals surface area contributed by atoms with Crippen molar-refractivity contribution >= 4 is 0 Å². The molecule has 0 amide bonds. The standard InChI is InChI=1S/C21H44O/c1-4-6-8-9-10-11-12-13-14-16-18-21(19-20-22-3)17-15-7-5-2/h21H,4-20H2,1-3H3. The first kappa shape index (κ1) is 22.0. The second-order valence-electron chi connectivity index (χ2n) is 7.11. The van der Waals surface area contributed by atoms with Crippen LogP contribution in [0, 0.1) is 5.92 Å². The summed E-state index contributed by atoms with van der Waals surface area (Å²) in [6, 6.07) is 0. The number of ether oxygens (including phenoxy) is 1. The highest BCUT2D eigenvalue weighted by molar-refractivity contribution is 4.60. The van der Waals surface area contributed by atoms with E-state index in [2.05, 4.69) is 13.8 Å². The molecule has 0 aliphatic carbocycles. The molecule has 1 unspecified atom stereocenters. The Kier molecular flexibility index (Phi) is 19.0. The highest BCUT2D eigenvalue weighted by Gasteiger charge is 2.08. The molecule has 0 radical (unpaired) electrons. The Balaban J connectivity index is 3.41. The molecule has 0 aromatic carbocycles. The fourth-order valence-corrected chi connectivity index (χ4v) is 3.32. The van der Waals surface area contributed by atoms with Gasteiger partial charge in [-0.25, -0.2) is 0 Å². The van der Waals surface area contributed by atoms with Gasteiger partial charge in [0.25, 0.3) is 0 Å². The SMILES string of the molecule is CCCCCCCCCCCCC(CCCCC)CCOC. The van der Waals surface area contributed by atoms with Crippen molar-refractivity contribution < 1.29 is 4.74 Å². The minimum absolute atomic E-state index is 0.917. The van der Waals surface area contributed by atoms with Crippen LogP contribution in [-0.4, -0.2) is 13.7 Å². The van der Waals surface area contributed by atoms with Gasteiger partial charge in [0, 0.05) is 13.7 Å². The van der Waals surface area contributed by atoms with E-state index >= 15 is 0 Å². The average molecular weight is 313 g/mol. The van der Waals surface area contributed by atoms with E-state index in [9.17, 15) is 0 Å². The van der Waals surface area contributed by atoms with E-state index in [-0.39, 0.29) is 0 Å². The normalized spacial score (nSPS) is 12.7. The third kappa shape index (κ3) is 16.3. The minimum Gasteiger partial charge on any atom is -0.385 e. The van der Waals surface area contributed by atoms with Crippen LogP contribution in [0.25, 0.3) is 0 Å². The number of hydrogen-bond acceptors (Lipinski definition) is 1. The zero-order valence-corrected chi connectivity index (χ0v) is 16.0. The Morgan fingerprint density at radius 2 is 0.955 bits per heavy atom. The van der Waals surface area contributed by atoms with Crippen LogP contribution in [-0.2, 0) is 4.74 Å². The molecule has 0 aliphatic heterocycles. The smallest absolute Gasteiger partial charge is 0.0464 e. The average Bonchev–Trinajstić information content (AvgIpc) is 2.53. The monoisotopic (exact) mass is 312 g/mol. The summed E-state index contributed by atoms with van der Waals surface area (Å²) < 4.78 is 5.28. The van der Waals surface area contributed by atoms with Crippen LogP contribution in [0.15, 0.2) is 0 Å². The maximum Gasteiger partial charge on any atom is 0.0464 e. The van der Waals surface area contributed by atoms with Crippen LogP contribution >= 0.6 is 0 Å². The predicted octanol–water partition coefficient (Wildman–Crippen LogP) is 7.53. The Labute approximate surface area is 141 Å². The molecule has 1 nitrogen and oxygen atoms in total. The van der Waals surface area contributed by atoms with Crippen LogP contribution in [0.3, 0.4) is 0 Å². The largest absolute Gasteiger partial charge is 0.385 e. The maximum absolute atomic E-state index is 5.28. The van der Waals surface area contributed by atoms with E-state index in [1.807, 2.05) is 7.11 Å². The van der Waals surface area contributed by atoms with Crippen molar-refractivity contribution in [1.29, 1.82) is 0 Å². The van der Waals surface area contributed by atoms with E-state index in [0.717, 1.165) is 12.5 Å². The van der Waals surface area contributed by atoms with Gasteiger partial charge in [0.15, 0.2) is 0 Å². The van der Waals surface area contributed by atoms with Crippen LogP contribution in [0.5, 0.6) is 0 Å². The Morgan fingerprint density at radius 1 is 0.545 bits per heavy atom. The summed E-state index contributed by atoms with van der Waals surface area (Å²) in [5.41, 5.74) is 0. The van der Waals surface area contributed by atoms with E-state index in [1.54, 1.807) is 0 Å². The van der Waals surface area contributed by atoms with Crippen molar-refractivity contribution in [2.24, 2.45) is 5.92 Å². The van der Waals surface area contributed by atoms with Crippen molar-refractivity contribution in [3.05, 3.63) is 0 Å². The number of hydrogen-bond donors (Lipinski definition) is 0. The number of rotatable bonds is 18. The first-order valence-corrected chi connectivity index (χ1v) is 10.3. The molecule has 1 heteroatoms. The molecule has 0 aliphatic rings. The van der Waals surface area contributed by atoms with Gasteiger partial charge in [-0.1, -0.05) is 110 Å². The zero-order valence-electron chi connectivity index (χ0n) is 16.0. The second-order valence-corrected chi connectivity index (χ2v) is 7.11. The molecule has 0 spiro atoms. The topological polar surface area (TPSA) is 9.23 Å². The van der Waals surface area contributed by atoms with Crippen LogP contribution in [0.1, 0.15) is 117 Å². The van der Waals surface area contributed by atoms with Gasteiger partial charge < -0.3 is 4.74 Å². The molecular weight excluding hydrogens is 268 g/mol. The Hall–Kier alpha value is -0.0400. The lowest BCUT2D eigenvalue weighted by molar-refractivity contribution is 0.170. The fraction of sp³-hybridized carbons (Fsp3) is 1.00. The molecule has 0 bridgehead atoms. The third-order valence-corrected chi connectivity index (χ3v) is 4.91. The van der Waals surface area contributed by atoms with Crippen molar-refractivity contribution in [2.45, 2.75) is 117 Å². The van der Waals surface area contributed by atoms with E-state index < -0.39 is 0 Å². The maximum atomic E-state index is 5.28. The first-order valence-electron chi connectivity index (χ1n) is 10.3. The predicted molar refractivity (Wildman–Crippen MR) is 101 cm³/mol. The van der Waals surface area contributed by atoms with Crippen LogP contribution < -0.4 is 0 Å². The summed E-state index contributed by atoms with van der Waals surface area (Å²) in [5.74, 6) is 0.917. The van der Waals surface area contributed by atoms with Gasteiger partial charge in [-0.2, -0.15) is 0 Å². The summed E-state index contributed by atoms with van der Waals surface area (Å²) in [5, 5.41) is 0. The van der Waals surface area contributed by atoms with E-state index in [1.165, 1.54) is 103 Å². The molecule has 0 rings (SSSR count). The van der Waals surface area contributed by atoms with Crippen molar-refractivity contribution in [3.8, 4) is 0 Å². The van der Waals surface area contributed by atoms with Crippen molar-refractivity contribution in [1.82, 2.24) is 0 Å². The summed E-state index contributed by atoms with van der Waals surface area (Å²) in [6.45, 7) is 5.54. The van der Waals surface area contributed by atoms with Gasteiger partial charge in [0.05, 0.1) is 0 Å². The lowest BCUT2D eigenvalue weighted by atomic mass is 9.92. The minimum atomic E-state index is 0.917. The molecule has 134 valence electrons. The number of methoxy groups -OCH3 is 1. The van der Waals surface area contributed by atoms with Gasteiger partial charge in [0.1, 0.15) is 0 Å². The molecule has 0 saturated carbocycles.